The highest BCUT2D eigenvalue weighted by atomic mass is 19.1. The number of rotatable bonds is 6. The van der Waals surface area contributed by atoms with E-state index in [0.717, 1.165) is 31.7 Å². The maximum absolute atomic E-state index is 13.9. The fourth-order valence-corrected chi connectivity index (χ4v) is 3.30. The Bertz CT molecular complexity index is 715. The average Bonchev–Trinajstić information content (AvgIpc) is 2.65. The molecular formula is C19H24F2N4O. The number of anilines is 1. The van der Waals surface area contributed by atoms with Crippen LogP contribution in [0.1, 0.15) is 25.3 Å². The second-order valence-corrected chi connectivity index (χ2v) is 6.46. The molecule has 2 heterocycles. The Kier molecular flexibility index (Phi) is 5.98. The van der Waals surface area contributed by atoms with E-state index in [9.17, 15) is 8.78 Å². The van der Waals surface area contributed by atoms with Gasteiger partial charge in [-0.2, -0.15) is 4.98 Å². The molecule has 5 nitrogen and oxygen atoms in total. The zero-order valence-corrected chi connectivity index (χ0v) is 15.2. The van der Waals surface area contributed by atoms with Gasteiger partial charge in [-0.1, -0.05) is 6.07 Å². The minimum absolute atomic E-state index is 0.134. The van der Waals surface area contributed by atoms with Gasteiger partial charge >= 0.3 is 6.01 Å². The molecule has 1 aliphatic heterocycles. The fourth-order valence-electron chi connectivity index (χ4n) is 3.30. The lowest BCUT2D eigenvalue weighted by Gasteiger charge is -2.37. The Hall–Kier alpha value is -2.28. The van der Waals surface area contributed by atoms with Crippen LogP contribution in [0.3, 0.4) is 0 Å². The molecule has 0 radical (unpaired) electrons. The van der Waals surface area contributed by atoms with Crippen molar-refractivity contribution >= 4 is 5.82 Å². The summed E-state index contributed by atoms with van der Waals surface area (Å²) in [7, 11) is 1.92. The van der Waals surface area contributed by atoms with Crippen molar-refractivity contribution in [3.63, 3.8) is 0 Å². The quantitative estimate of drug-likeness (QED) is 0.789. The molecular weight excluding hydrogens is 338 g/mol. The average molecular weight is 362 g/mol. The number of aromatic nitrogens is 2. The maximum atomic E-state index is 13.9. The van der Waals surface area contributed by atoms with E-state index in [4.69, 9.17) is 4.74 Å². The van der Waals surface area contributed by atoms with E-state index in [2.05, 4.69) is 14.9 Å². The minimum Gasteiger partial charge on any atom is -0.464 e. The molecule has 7 heteroatoms. The molecule has 26 heavy (non-hydrogen) atoms. The van der Waals surface area contributed by atoms with Crippen LogP contribution in [0.15, 0.2) is 30.5 Å². The van der Waals surface area contributed by atoms with E-state index >= 15 is 0 Å². The molecule has 1 aromatic heterocycles. The standard InChI is InChI=1S/C19H24F2N4O/c1-3-26-19-22-10-7-18(23-19)25-11-8-14(9-12-25)24(2)13-15-16(20)5-4-6-17(15)21/h4-7,10,14H,3,8-9,11-13H2,1-2H3. The van der Waals surface area contributed by atoms with Gasteiger partial charge in [0.2, 0.25) is 0 Å². The van der Waals surface area contributed by atoms with Gasteiger partial charge in [-0.3, -0.25) is 4.90 Å². The first-order chi connectivity index (χ1) is 12.6. The summed E-state index contributed by atoms with van der Waals surface area (Å²) in [5.74, 6) is -0.123. The van der Waals surface area contributed by atoms with E-state index < -0.39 is 11.6 Å². The van der Waals surface area contributed by atoms with Crippen molar-refractivity contribution in [1.82, 2.24) is 14.9 Å². The topological polar surface area (TPSA) is 41.5 Å². The molecule has 0 amide bonds. The van der Waals surface area contributed by atoms with Crippen molar-refractivity contribution in [2.45, 2.75) is 32.4 Å². The summed E-state index contributed by atoms with van der Waals surface area (Å²) in [5, 5.41) is 0. The van der Waals surface area contributed by atoms with Gasteiger partial charge in [-0.05, 0) is 45.0 Å². The van der Waals surface area contributed by atoms with Gasteiger partial charge in [0.25, 0.3) is 0 Å². The highest BCUT2D eigenvalue weighted by Crippen LogP contribution is 2.23. The van der Waals surface area contributed by atoms with E-state index in [1.165, 1.54) is 18.2 Å². The number of piperidine rings is 1. The van der Waals surface area contributed by atoms with Crippen LogP contribution in [0.4, 0.5) is 14.6 Å². The van der Waals surface area contributed by atoms with Crippen molar-refractivity contribution in [3.8, 4) is 6.01 Å². The van der Waals surface area contributed by atoms with Gasteiger partial charge in [0.05, 0.1) is 6.61 Å². The lowest BCUT2D eigenvalue weighted by atomic mass is 10.0. The molecule has 1 aliphatic rings. The van der Waals surface area contributed by atoms with Gasteiger partial charge in [-0.15, -0.1) is 0 Å². The van der Waals surface area contributed by atoms with Crippen LogP contribution in [0.2, 0.25) is 0 Å². The van der Waals surface area contributed by atoms with Crippen molar-refractivity contribution in [1.29, 1.82) is 0 Å². The first-order valence-electron chi connectivity index (χ1n) is 8.92. The van der Waals surface area contributed by atoms with Gasteiger partial charge in [0.15, 0.2) is 0 Å². The lowest BCUT2D eigenvalue weighted by Crippen LogP contribution is -2.43. The Morgan fingerprint density at radius 3 is 2.54 bits per heavy atom. The normalized spacial score (nSPS) is 15.5. The summed E-state index contributed by atoms with van der Waals surface area (Å²) >= 11 is 0. The second-order valence-electron chi connectivity index (χ2n) is 6.46. The molecule has 0 N–H and O–H groups in total. The molecule has 0 atom stereocenters. The molecule has 0 saturated carbocycles. The highest BCUT2D eigenvalue weighted by Gasteiger charge is 2.24. The molecule has 140 valence electrons. The second kappa shape index (κ2) is 8.40. The first kappa shape index (κ1) is 18.5. The number of hydrogen-bond acceptors (Lipinski definition) is 5. The Labute approximate surface area is 152 Å². The number of nitrogens with zero attached hydrogens (tertiary/aromatic N) is 4. The van der Waals surface area contributed by atoms with E-state index in [1.807, 2.05) is 24.9 Å². The number of hydrogen-bond donors (Lipinski definition) is 0. The highest BCUT2D eigenvalue weighted by molar-refractivity contribution is 5.38. The zero-order valence-electron chi connectivity index (χ0n) is 15.2. The van der Waals surface area contributed by atoms with Gasteiger partial charge < -0.3 is 9.64 Å². The molecule has 1 aromatic carbocycles. The third-order valence-corrected chi connectivity index (χ3v) is 4.77. The van der Waals surface area contributed by atoms with Gasteiger partial charge in [-0.25, -0.2) is 13.8 Å². The van der Waals surface area contributed by atoms with Gasteiger partial charge in [0.1, 0.15) is 17.5 Å². The number of ether oxygens (including phenoxy) is 1. The van der Waals surface area contributed by atoms with Crippen molar-refractivity contribution in [2.75, 3.05) is 31.6 Å². The summed E-state index contributed by atoms with van der Waals surface area (Å²) < 4.78 is 33.1. The van der Waals surface area contributed by atoms with Crippen molar-refractivity contribution in [2.24, 2.45) is 0 Å². The maximum Gasteiger partial charge on any atom is 0.318 e. The summed E-state index contributed by atoms with van der Waals surface area (Å²) in [6, 6.07) is 6.55. The van der Waals surface area contributed by atoms with E-state index in [1.54, 1.807) is 6.20 Å². The third-order valence-electron chi connectivity index (χ3n) is 4.77. The summed E-state index contributed by atoms with van der Waals surface area (Å²) in [5.41, 5.74) is 0.134. The van der Waals surface area contributed by atoms with Crippen LogP contribution in [-0.4, -0.2) is 47.7 Å². The summed E-state index contributed by atoms with van der Waals surface area (Å²) in [6.45, 7) is 4.36. The molecule has 2 aromatic rings. The van der Waals surface area contributed by atoms with Crippen LogP contribution in [-0.2, 0) is 6.54 Å². The monoisotopic (exact) mass is 362 g/mol. The molecule has 0 spiro atoms. The summed E-state index contributed by atoms with van der Waals surface area (Å²) in [4.78, 5) is 12.7. The molecule has 1 saturated heterocycles. The van der Waals surface area contributed by atoms with Crippen LogP contribution >= 0.6 is 0 Å². The van der Waals surface area contributed by atoms with E-state index in [-0.39, 0.29) is 18.2 Å². The Morgan fingerprint density at radius 2 is 1.88 bits per heavy atom. The Balaban J connectivity index is 1.59. The third kappa shape index (κ3) is 4.27. The van der Waals surface area contributed by atoms with Crippen LogP contribution in [0.5, 0.6) is 6.01 Å². The van der Waals surface area contributed by atoms with Crippen LogP contribution in [0.25, 0.3) is 0 Å². The lowest BCUT2D eigenvalue weighted by molar-refractivity contribution is 0.195. The van der Waals surface area contributed by atoms with Gasteiger partial charge in [0, 0.05) is 37.4 Å². The molecule has 0 bridgehead atoms. The largest absolute Gasteiger partial charge is 0.464 e. The summed E-state index contributed by atoms with van der Waals surface area (Å²) in [6.07, 6.45) is 3.51. The SMILES string of the molecule is CCOc1nccc(N2CCC(N(C)Cc3c(F)cccc3F)CC2)n1. The Morgan fingerprint density at radius 1 is 1.19 bits per heavy atom. The first-order valence-corrected chi connectivity index (χ1v) is 8.92. The van der Waals surface area contributed by atoms with E-state index in [0.29, 0.717) is 12.6 Å². The predicted molar refractivity (Wildman–Crippen MR) is 96.3 cm³/mol. The van der Waals surface area contributed by atoms with Crippen molar-refractivity contribution in [3.05, 3.63) is 47.7 Å². The number of halogens is 2. The van der Waals surface area contributed by atoms with Crippen molar-refractivity contribution < 1.29 is 13.5 Å². The minimum atomic E-state index is -0.487. The molecule has 3 rings (SSSR count). The molecule has 0 unspecified atom stereocenters. The fraction of sp³-hybridized carbons (Fsp3) is 0.474. The predicted octanol–water partition coefficient (Wildman–Crippen LogP) is 3.25. The number of benzene rings is 1. The zero-order chi connectivity index (χ0) is 18.5. The van der Waals surface area contributed by atoms with Crippen LogP contribution < -0.4 is 9.64 Å². The molecule has 0 aliphatic carbocycles. The van der Waals surface area contributed by atoms with Crippen LogP contribution in [0, 0.1) is 11.6 Å². The smallest absolute Gasteiger partial charge is 0.318 e. The molecule has 1 fully saturated rings.